The van der Waals surface area contributed by atoms with E-state index in [4.69, 9.17) is 14.2 Å². The fourth-order valence-corrected chi connectivity index (χ4v) is 9.30. The van der Waals surface area contributed by atoms with Crippen molar-refractivity contribution in [2.75, 3.05) is 26.2 Å². The number of aromatic hydroxyl groups is 1. The number of Topliss-reactive ketones (excluding diaryl/α,β-unsaturated/α-hetero) is 3. The van der Waals surface area contributed by atoms with Crippen molar-refractivity contribution in [1.29, 1.82) is 0 Å². The summed E-state index contributed by atoms with van der Waals surface area (Å²) in [6.07, 6.45) is 10.7. The van der Waals surface area contributed by atoms with E-state index in [2.05, 4.69) is 15.3 Å². The zero-order valence-electron chi connectivity index (χ0n) is 37.3. The Morgan fingerprint density at radius 1 is 0.887 bits per heavy atom. The summed E-state index contributed by atoms with van der Waals surface area (Å²) in [4.78, 5) is 72.4. The largest absolute Gasteiger partial charge is 0.507 e. The molecule has 15 heteroatoms. The van der Waals surface area contributed by atoms with Gasteiger partial charge >= 0.3 is 11.8 Å². The number of carbonyl (C=O) groups excluding carboxylic acids is 5. The summed E-state index contributed by atoms with van der Waals surface area (Å²) in [6, 6.07) is 0.542. The predicted octanol–water partition coefficient (Wildman–Crippen LogP) is 5.17. The third kappa shape index (κ3) is 9.02. The van der Waals surface area contributed by atoms with Gasteiger partial charge in [-0.15, -0.1) is 0 Å². The van der Waals surface area contributed by atoms with Crippen LogP contribution >= 0.6 is 0 Å². The molecule has 1 aromatic carbocycles. The molecule has 1 aromatic rings. The molecular formula is C47H62N4O11. The topological polar surface area (TPSA) is 205 Å². The van der Waals surface area contributed by atoms with Crippen LogP contribution in [0.1, 0.15) is 118 Å². The first kappa shape index (κ1) is 46.4. The fourth-order valence-electron chi connectivity index (χ4n) is 9.30. The lowest BCUT2D eigenvalue weighted by atomic mass is 9.77. The summed E-state index contributed by atoms with van der Waals surface area (Å²) in [7, 11) is 0. The number of hydrogen-bond donors (Lipinski definition) is 4. The number of amides is 1. The first-order chi connectivity index (χ1) is 29.3. The number of fused-ring (bicyclic) bond motifs is 14. The number of piperazine rings is 1. The van der Waals surface area contributed by atoms with Crippen LogP contribution < -0.4 is 10.1 Å². The van der Waals surface area contributed by atoms with Gasteiger partial charge in [-0.2, -0.15) is 5.10 Å². The highest BCUT2D eigenvalue weighted by atomic mass is 16.7. The number of benzene rings is 1. The van der Waals surface area contributed by atoms with Gasteiger partial charge in [0.05, 0.1) is 46.9 Å². The molecule has 4 heterocycles. The van der Waals surface area contributed by atoms with Gasteiger partial charge < -0.3 is 34.8 Å². The highest BCUT2D eigenvalue weighted by Gasteiger charge is 2.52. The van der Waals surface area contributed by atoms with Crippen molar-refractivity contribution in [2.24, 2.45) is 34.7 Å². The van der Waals surface area contributed by atoms with E-state index in [1.165, 1.54) is 71.9 Å². The molecule has 15 nitrogen and oxygen atoms in total. The molecule has 7 rings (SSSR count). The number of rotatable bonds is 4. The Kier molecular flexibility index (Phi) is 14.0. The van der Waals surface area contributed by atoms with Crippen molar-refractivity contribution >= 4 is 35.4 Å². The second kappa shape index (κ2) is 18.7. The first-order valence-electron chi connectivity index (χ1n) is 21.8. The quantitative estimate of drug-likeness (QED) is 0.228. The highest BCUT2D eigenvalue weighted by molar-refractivity contribution is 6.37. The molecule has 2 fully saturated rings. The van der Waals surface area contributed by atoms with E-state index in [1.807, 2.05) is 13.8 Å². The summed E-state index contributed by atoms with van der Waals surface area (Å²) >= 11 is 0. The van der Waals surface area contributed by atoms with E-state index in [1.54, 1.807) is 44.0 Å². The smallest absolute Gasteiger partial charge is 0.312 e. The number of aliphatic hydroxyl groups is 2. The van der Waals surface area contributed by atoms with E-state index in [0.717, 1.165) is 13.1 Å². The Labute approximate surface area is 363 Å². The van der Waals surface area contributed by atoms with Gasteiger partial charge in [0.25, 0.3) is 11.7 Å². The summed E-state index contributed by atoms with van der Waals surface area (Å²) in [5.41, 5.74) is -1.61. The number of hydrogen-bond acceptors (Lipinski definition) is 14. The Bertz CT molecular complexity index is 2130. The van der Waals surface area contributed by atoms with Crippen LogP contribution in [0.25, 0.3) is 0 Å². The van der Waals surface area contributed by atoms with Gasteiger partial charge in [-0.1, -0.05) is 65.7 Å². The zero-order valence-corrected chi connectivity index (χ0v) is 37.3. The van der Waals surface area contributed by atoms with Crippen LogP contribution in [0.4, 0.5) is 0 Å². The molecule has 5 bridgehead atoms. The molecule has 0 spiro atoms. The molecule has 4 aliphatic heterocycles. The third-order valence-electron chi connectivity index (χ3n) is 13.6. The lowest BCUT2D eigenvalue weighted by Gasteiger charge is -2.37. The number of ether oxygens (including phenoxy) is 3. The number of allylic oxidation sites excluding steroid dienone is 5. The average Bonchev–Trinajstić information content (AvgIpc) is 3.88. The summed E-state index contributed by atoms with van der Waals surface area (Å²) in [5.74, 6) is -9.06. The summed E-state index contributed by atoms with van der Waals surface area (Å²) < 4.78 is 17.9. The number of nitrogens with one attached hydrogen (secondary N) is 1. The molecule has 1 saturated carbocycles. The van der Waals surface area contributed by atoms with Gasteiger partial charge in [0, 0.05) is 75.0 Å². The van der Waals surface area contributed by atoms with Crippen LogP contribution in [-0.2, 0) is 19.1 Å². The highest BCUT2D eigenvalue weighted by Crippen LogP contribution is 2.48. The van der Waals surface area contributed by atoms with E-state index in [0.29, 0.717) is 19.1 Å². The maximum atomic E-state index is 14.8. The van der Waals surface area contributed by atoms with Crippen LogP contribution in [-0.4, -0.2) is 117 Å². The maximum Gasteiger partial charge on any atom is 0.312 e. The lowest BCUT2D eigenvalue weighted by molar-refractivity contribution is -0.158. The number of carbonyl (C=O) groups is 5. The van der Waals surface area contributed by atoms with Crippen molar-refractivity contribution in [1.82, 2.24) is 15.2 Å². The lowest BCUT2D eigenvalue weighted by Crippen LogP contribution is -2.48. The number of nitrogens with zero attached hydrogens (tertiary/aromatic N) is 3. The molecule has 62 heavy (non-hydrogen) atoms. The van der Waals surface area contributed by atoms with E-state index >= 15 is 0 Å². The molecule has 0 aromatic heterocycles. The van der Waals surface area contributed by atoms with Gasteiger partial charge in [-0.25, -0.2) is 0 Å². The van der Waals surface area contributed by atoms with E-state index in [9.17, 15) is 39.3 Å². The van der Waals surface area contributed by atoms with Crippen molar-refractivity contribution in [3.8, 4) is 11.5 Å². The summed E-state index contributed by atoms with van der Waals surface area (Å²) in [5, 5.41) is 43.5. The number of aliphatic hydroxyl groups excluding tert-OH is 2. The average molecular weight is 859 g/mol. The first-order valence-corrected chi connectivity index (χ1v) is 21.8. The second-order valence-corrected chi connectivity index (χ2v) is 17.9. The van der Waals surface area contributed by atoms with Crippen LogP contribution in [0.2, 0.25) is 0 Å². The van der Waals surface area contributed by atoms with Gasteiger partial charge in [-0.3, -0.25) is 33.9 Å². The molecule has 0 unspecified atom stereocenters. The third-order valence-corrected chi connectivity index (χ3v) is 13.6. The van der Waals surface area contributed by atoms with Crippen molar-refractivity contribution < 1.29 is 53.5 Å². The van der Waals surface area contributed by atoms with Crippen LogP contribution in [0.5, 0.6) is 11.5 Å². The molecule has 1 amide bonds. The van der Waals surface area contributed by atoms with Gasteiger partial charge in [0.1, 0.15) is 23.3 Å². The van der Waals surface area contributed by atoms with E-state index in [-0.39, 0.29) is 39.5 Å². The SMILES string of the molecule is CC(=O)O[C@H]1[C@H](C)[C@H](O)[C@H](C)[C@@H](O)[C@@H](C)/C=C/C=C(/C)C(=O)NC2=C(/C=N\N3CCN(C4CCCC4)CC3)C(=O)c3c(c(O)c(C)c4c3C(=O)[C@@](C)(O/C=C/[C@H](C)[C@H]1C)O4)C2=O. The van der Waals surface area contributed by atoms with Crippen molar-refractivity contribution in [3.05, 3.63) is 69.7 Å². The molecule has 336 valence electrons. The predicted molar refractivity (Wildman–Crippen MR) is 230 cm³/mol. The molecule has 0 radical (unpaired) electrons. The Hall–Kier alpha value is -5.12. The maximum absolute atomic E-state index is 14.8. The monoisotopic (exact) mass is 858 g/mol. The zero-order chi connectivity index (χ0) is 45.4. The number of esters is 1. The molecule has 6 aliphatic rings. The number of phenolic OH excluding ortho intramolecular Hbond substituents is 1. The Balaban J connectivity index is 1.42. The molecule has 4 N–H and O–H groups in total. The number of ketones is 3. The standard InChI is InChI=1S/C47H62N4O11/c1-24-17-22-60-47(9)45(58)36-34-35(40(55)30(7)44(36)62-47)42(57)37(33(41(34)56)23-48-51-20-18-50(19-21-51)32-15-10-11-16-32)49-46(59)26(3)14-12-13-25(2)38(53)28(5)39(54)29(6)43(27(24)4)61-31(8)52/h12-14,17,22-25,27-29,32,38-39,43,53-55H,10-11,15-16,18-21H2,1-9H3,(H,49,59)/b13-12+,22-17+,26-14-,48-23-/t24-,25-,27+,28+,29+,38-,39+,43+,47-/m0/s1. The molecular weight excluding hydrogens is 797 g/mol. The van der Waals surface area contributed by atoms with Crippen LogP contribution in [0.15, 0.2) is 52.5 Å². The van der Waals surface area contributed by atoms with Crippen LogP contribution in [0.3, 0.4) is 0 Å². The second-order valence-electron chi connectivity index (χ2n) is 17.9. The van der Waals surface area contributed by atoms with Gasteiger partial charge in [0.15, 0.2) is 5.78 Å². The fraction of sp³-hybridized carbons (Fsp3) is 0.574. The van der Waals surface area contributed by atoms with Gasteiger partial charge in [0.2, 0.25) is 5.78 Å². The molecule has 2 aliphatic carbocycles. The molecule has 1 saturated heterocycles. The number of phenols is 1. The van der Waals surface area contributed by atoms with E-state index < -0.39 is 94.0 Å². The summed E-state index contributed by atoms with van der Waals surface area (Å²) in [6.45, 7) is 17.2. The van der Waals surface area contributed by atoms with Crippen molar-refractivity contribution in [2.45, 2.75) is 118 Å². The molecule has 9 atom stereocenters. The Morgan fingerprint density at radius 3 is 2.19 bits per heavy atom. The van der Waals surface area contributed by atoms with Crippen molar-refractivity contribution in [3.63, 3.8) is 0 Å². The number of hydrazone groups is 1. The normalized spacial score (nSPS) is 33.9. The van der Waals surface area contributed by atoms with Crippen LogP contribution in [0, 0.1) is 36.5 Å². The minimum Gasteiger partial charge on any atom is -0.507 e. The Morgan fingerprint density at radius 2 is 1.55 bits per heavy atom. The minimum atomic E-state index is -2.03. The minimum absolute atomic E-state index is 0.0171. The van der Waals surface area contributed by atoms with Gasteiger partial charge in [-0.05, 0) is 44.6 Å².